The molecule has 7 nitrogen and oxygen atoms in total. The minimum absolute atomic E-state index is 0.100. The van der Waals surface area contributed by atoms with Gasteiger partial charge < -0.3 is 4.40 Å². The van der Waals surface area contributed by atoms with Crippen molar-refractivity contribution in [2.45, 2.75) is 26.4 Å². The Morgan fingerprint density at radius 2 is 1.91 bits per heavy atom. The summed E-state index contributed by atoms with van der Waals surface area (Å²) in [5.74, 6) is -1.69. The van der Waals surface area contributed by atoms with Gasteiger partial charge in [0.15, 0.2) is 0 Å². The highest BCUT2D eigenvalue weighted by atomic mass is 16.2. The SMILES string of the molecule is CC(C)N1C(=O)C(=O)N(Cc2cn3ccccc3c2C#N)C1=O. The lowest BCUT2D eigenvalue weighted by Crippen LogP contribution is -2.37. The molecule has 3 rings (SSSR count). The van der Waals surface area contributed by atoms with E-state index in [9.17, 15) is 19.6 Å². The lowest BCUT2D eigenvalue weighted by Gasteiger charge is -2.18. The summed E-state index contributed by atoms with van der Waals surface area (Å²) in [5.41, 5.74) is 1.61. The molecule has 0 radical (unpaired) electrons. The molecule has 0 bridgehead atoms. The average molecular weight is 310 g/mol. The number of amides is 4. The van der Waals surface area contributed by atoms with E-state index in [1.807, 2.05) is 6.07 Å². The molecule has 4 amide bonds. The Balaban J connectivity index is 2.00. The Morgan fingerprint density at radius 1 is 1.17 bits per heavy atom. The average Bonchev–Trinajstić information content (AvgIpc) is 2.97. The number of urea groups is 1. The van der Waals surface area contributed by atoms with Crippen LogP contribution < -0.4 is 0 Å². The van der Waals surface area contributed by atoms with E-state index >= 15 is 0 Å². The van der Waals surface area contributed by atoms with Gasteiger partial charge in [0.2, 0.25) is 0 Å². The summed E-state index contributed by atoms with van der Waals surface area (Å²) in [5, 5.41) is 9.37. The molecule has 23 heavy (non-hydrogen) atoms. The number of hydrogen-bond donors (Lipinski definition) is 0. The Kier molecular flexibility index (Phi) is 3.37. The third kappa shape index (κ3) is 2.16. The van der Waals surface area contributed by atoms with Crippen LogP contribution in [0.15, 0.2) is 30.6 Å². The largest absolute Gasteiger partial charge is 0.334 e. The predicted octanol–water partition coefficient (Wildman–Crippen LogP) is 1.51. The van der Waals surface area contributed by atoms with Gasteiger partial charge in [0.05, 0.1) is 17.6 Å². The number of carbonyl (C=O) groups excluding carboxylic acids is 3. The van der Waals surface area contributed by atoms with Crippen LogP contribution in [-0.4, -0.2) is 38.1 Å². The van der Waals surface area contributed by atoms with Crippen LogP contribution in [-0.2, 0) is 16.1 Å². The molecule has 1 aliphatic heterocycles. The first-order valence-electron chi connectivity index (χ1n) is 7.13. The second-order valence-electron chi connectivity index (χ2n) is 5.58. The zero-order valence-corrected chi connectivity index (χ0v) is 12.7. The molecule has 1 fully saturated rings. The topological polar surface area (TPSA) is 85.9 Å². The third-order valence-corrected chi connectivity index (χ3v) is 3.80. The van der Waals surface area contributed by atoms with Gasteiger partial charge in [-0.1, -0.05) is 6.07 Å². The minimum Gasteiger partial charge on any atom is -0.322 e. The zero-order chi connectivity index (χ0) is 16.7. The lowest BCUT2D eigenvalue weighted by atomic mass is 10.1. The smallest absolute Gasteiger partial charge is 0.322 e. The number of pyridine rings is 1. The van der Waals surface area contributed by atoms with E-state index in [0.29, 0.717) is 16.6 Å². The molecule has 3 heterocycles. The predicted molar refractivity (Wildman–Crippen MR) is 80.0 cm³/mol. The molecular weight excluding hydrogens is 296 g/mol. The monoisotopic (exact) mass is 310 g/mol. The van der Waals surface area contributed by atoms with Crippen LogP contribution in [0.4, 0.5) is 4.79 Å². The molecule has 1 saturated heterocycles. The summed E-state index contributed by atoms with van der Waals surface area (Å²) in [6.07, 6.45) is 3.47. The quantitative estimate of drug-likeness (QED) is 0.635. The van der Waals surface area contributed by atoms with Gasteiger partial charge >= 0.3 is 17.8 Å². The fourth-order valence-corrected chi connectivity index (χ4v) is 2.71. The Bertz CT molecular complexity index is 875. The number of imide groups is 2. The Labute approximate surface area is 132 Å². The van der Waals surface area contributed by atoms with Gasteiger partial charge in [-0.25, -0.2) is 4.79 Å². The van der Waals surface area contributed by atoms with Crippen LogP contribution in [0, 0.1) is 11.3 Å². The van der Waals surface area contributed by atoms with Crippen molar-refractivity contribution in [3.63, 3.8) is 0 Å². The van der Waals surface area contributed by atoms with Crippen molar-refractivity contribution < 1.29 is 14.4 Å². The second kappa shape index (κ2) is 5.25. The Hall–Kier alpha value is -3.14. The summed E-state index contributed by atoms with van der Waals surface area (Å²) in [6.45, 7) is 3.23. The van der Waals surface area contributed by atoms with E-state index in [0.717, 1.165) is 9.80 Å². The van der Waals surface area contributed by atoms with Crippen molar-refractivity contribution >= 4 is 23.4 Å². The molecule has 2 aromatic heterocycles. The molecule has 0 atom stereocenters. The fraction of sp³-hybridized carbons (Fsp3) is 0.250. The summed E-state index contributed by atoms with van der Waals surface area (Å²) >= 11 is 0. The standard InChI is InChI=1S/C16H14N4O3/c1-10(2)20-15(22)14(21)19(16(20)23)9-11-8-18-6-4-3-5-13(18)12(11)7-17/h3-6,8,10H,9H2,1-2H3. The number of rotatable bonds is 3. The van der Waals surface area contributed by atoms with Gasteiger partial charge in [-0.05, 0) is 26.0 Å². The molecule has 0 saturated carbocycles. The molecule has 7 heteroatoms. The molecule has 0 aliphatic carbocycles. The number of carbonyl (C=O) groups is 3. The molecule has 2 aromatic rings. The van der Waals surface area contributed by atoms with Crippen molar-refractivity contribution in [1.82, 2.24) is 14.2 Å². The summed E-state index contributed by atoms with van der Waals surface area (Å²) < 4.78 is 1.75. The van der Waals surface area contributed by atoms with Gasteiger partial charge in [0.1, 0.15) is 6.07 Å². The first-order chi connectivity index (χ1) is 11.0. The summed E-state index contributed by atoms with van der Waals surface area (Å²) in [4.78, 5) is 38.1. The highest BCUT2D eigenvalue weighted by Crippen LogP contribution is 2.23. The van der Waals surface area contributed by atoms with Crippen LogP contribution in [0.1, 0.15) is 25.0 Å². The Morgan fingerprint density at radius 3 is 2.52 bits per heavy atom. The number of aromatic nitrogens is 1. The van der Waals surface area contributed by atoms with Crippen molar-refractivity contribution in [2.24, 2.45) is 0 Å². The second-order valence-corrected chi connectivity index (χ2v) is 5.58. The van der Waals surface area contributed by atoms with E-state index in [-0.39, 0.29) is 6.54 Å². The van der Waals surface area contributed by atoms with E-state index in [4.69, 9.17) is 0 Å². The van der Waals surface area contributed by atoms with Gasteiger partial charge in [-0.2, -0.15) is 5.26 Å². The molecule has 0 unspecified atom stereocenters. The number of fused-ring (bicyclic) bond motifs is 1. The lowest BCUT2D eigenvalue weighted by molar-refractivity contribution is -0.144. The van der Waals surface area contributed by atoms with Crippen molar-refractivity contribution in [3.05, 3.63) is 41.7 Å². The van der Waals surface area contributed by atoms with Crippen LogP contribution >= 0.6 is 0 Å². The van der Waals surface area contributed by atoms with E-state index in [2.05, 4.69) is 6.07 Å². The number of nitriles is 1. The van der Waals surface area contributed by atoms with Crippen LogP contribution in [0.3, 0.4) is 0 Å². The van der Waals surface area contributed by atoms with Gasteiger partial charge in [-0.15, -0.1) is 0 Å². The fourth-order valence-electron chi connectivity index (χ4n) is 2.71. The van der Waals surface area contributed by atoms with E-state index in [1.54, 1.807) is 42.8 Å². The normalized spacial score (nSPS) is 15.1. The molecule has 0 aromatic carbocycles. The summed E-state index contributed by atoms with van der Waals surface area (Å²) in [6, 6.07) is 6.45. The summed E-state index contributed by atoms with van der Waals surface area (Å²) in [7, 11) is 0. The third-order valence-electron chi connectivity index (χ3n) is 3.80. The van der Waals surface area contributed by atoms with Crippen molar-refractivity contribution in [1.29, 1.82) is 5.26 Å². The highest BCUT2D eigenvalue weighted by molar-refractivity contribution is 6.44. The maximum atomic E-state index is 12.3. The molecular formula is C16H14N4O3. The zero-order valence-electron chi connectivity index (χ0n) is 12.7. The minimum atomic E-state index is -0.858. The van der Waals surface area contributed by atoms with Crippen LogP contribution in [0.2, 0.25) is 0 Å². The molecule has 0 N–H and O–H groups in total. The molecule has 116 valence electrons. The first-order valence-corrected chi connectivity index (χ1v) is 7.13. The maximum Gasteiger partial charge on any atom is 0.334 e. The maximum absolute atomic E-state index is 12.3. The van der Waals surface area contributed by atoms with Gasteiger partial charge in [0.25, 0.3) is 0 Å². The number of nitrogens with zero attached hydrogens (tertiary/aromatic N) is 4. The molecule has 1 aliphatic rings. The van der Waals surface area contributed by atoms with Crippen molar-refractivity contribution in [3.8, 4) is 6.07 Å². The van der Waals surface area contributed by atoms with Gasteiger partial charge in [0, 0.05) is 24.0 Å². The van der Waals surface area contributed by atoms with Crippen molar-refractivity contribution in [2.75, 3.05) is 0 Å². The highest BCUT2D eigenvalue weighted by Gasteiger charge is 2.45. The van der Waals surface area contributed by atoms with Gasteiger partial charge in [-0.3, -0.25) is 19.4 Å². The number of hydrogen-bond acceptors (Lipinski definition) is 4. The van der Waals surface area contributed by atoms with E-state index < -0.39 is 23.9 Å². The van der Waals surface area contributed by atoms with E-state index in [1.165, 1.54) is 0 Å². The van der Waals surface area contributed by atoms with Crippen LogP contribution in [0.25, 0.3) is 5.52 Å². The molecule has 0 spiro atoms. The van der Waals surface area contributed by atoms with Crippen LogP contribution in [0.5, 0.6) is 0 Å². The first kappa shape index (κ1) is 14.8.